The molecule has 144 valence electrons. The lowest BCUT2D eigenvalue weighted by molar-refractivity contribution is 0.0520. The summed E-state index contributed by atoms with van der Waals surface area (Å²) in [6.07, 6.45) is -0.572. The molecule has 0 bridgehead atoms. The molecule has 2 N–H and O–H groups in total. The lowest BCUT2D eigenvalue weighted by Gasteiger charge is -2.19. The van der Waals surface area contributed by atoms with E-state index in [1.54, 1.807) is 45.0 Å². The number of halogens is 1. The minimum atomic E-state index is -1.15. The number of hydrogen-bond donors (Lipinski definition) is 2. The number of ether oxygens (including phenoxy) is 2. The lowest BCUT2D eigenvalue weighted by Crippen LogP contribution is -2.34. The number of amides is 1. The maximum absolute atomic E-state index is 14.0. The van der Waals surface area contributed by atoms with E-state index in [4.69, 9.17) is 9.47 Å². The van der Waals surface area contributed by atoms with E-state index in [2.05, 4.69) is 5.32 Å². The van der Waals surface area contributed by atoms with E-state index < -0.39 is 23.5 Å². The molecule has 0 unspecified atom stereocenters. The first kappa shape index (κ1) is 20.2. The molecule has 0 aliphatic rings. The van der Waals surface area contributed by atoms with Gasteiger partial charge in [0, 0.05) is 5.56 Å². The highest BCUT2D eigenvalue weighted by molar-refractivity contribution is 5.90. The molecule has 2 rings (SSSR count). The highest BCUT2D eigenvalue weighted by atomic mass is 19.1. The number of hydrogen-bond acceptors (Lipinski definition) is 4. The van der Waals surface area contributed by atoms with Crippen molar-refractivity contribution in [2.24, 2.45) is 0 Å². The first-order chi connectivity index (χ1) is 12.7. The molecule has 2 aromatic rings. The van der Waals surface area contributed by atoms with Crippen molar-refractivity contribution in [3.63, 3.8) is 0 Å². The summed E-state index contributed by atoms with van der Waals surface area (Å²) in [7, 11) is 0. The monoisotopic (exact) mass is 375 g/mol. The molecule has 1 amide bonds. The number of carbonyl (C=O) groups is 2. The largest absolute Gasteiger partial charge is 0.492 e. The van der Waals surface area contributed by atoms with Gasteiger partial charge in [0.15, 0.2) is 0 Å². The van der Waals surface area contributed by atoms with Gasteiger partial charge in [0.2, 0.25) is 0 Å². The summed E-state index contributed by atoms with van der Waals surface area (Å²) in [6, 6.07) is 10.4. The van der Waals surface area contributed by atoms with Crippen LogP contribution in [0, 0.1) is 5.82 Å². The molecule has 0 radical (unpaired) electrons. The van der Waals surface area contributed by atoms with Crippen LogP contribution >= 0.6 is 0 Å². The number of rotatable bonds is 6. The molecular weight excluding hydrogens is 353 g/mol. The Balaban J connectivity index is 2.07. The van der Waals surface area contributed by atoms with Gasteiger partial charge in [0.1, 0.15) is 23.8 Å². The van der Waals surface area contributed by atoms with Gasteiger partial charge < -0.3 is 19.9 Å². The Kier molecular flexibility index (Phi) is 6.39. The molecule has 27 heavy (non-hydrogen) atoms. The van der Waals surface area contributed by atoms with Gasteiger partial charge in [0.05, 0.1) is 12.1 Å². The molecule has 0 atom stereocenters. The third kappa shape index (κ3) is 6.29. The SMILES string of the molecule is CC(C)(C)OC(=O)NCCOc1cc(C(=O)O)cc(-c2ccccc2F)c1. The predicted octanol–water partition coefficient (Wildman–Crippen LogP) is 4.09. The van der Waals surface area contributed by atoms with Crippen molar-refractivity contribution in [3.8, 4) is 16.9 Å². The second-order valence-corrected chi connectivity index (χ2v) is 6.81. The average molecular weight is 375 g/mol. The van der Waals surface area contributed by atoms with Gasteiger partial charge in [-0.2, -0.15) is 0 Å². The first-order valence-electron chi connectivity index (χ1n) is 8.38. The topological polar surface area (TPSA) is 84.9 Å². The molecule has 0 aromatic heterocycles. The summed E-state index contributed by atoms with van der Waals surface area (Å²) in [5, 5.41) is 11.8. The van der Waals surface area contributed by atoms with E-state index in [0.29, 0.717) is 5.56 Å². The molecule has 7 heteroatoms. The number of carboxylic acids is 1. The van der Waals surface area contributed by atoms with Crippen LogP contribution in [0.1, 0.15) is 31.1 Å². The number of alkyl carbamates (subject to hydrolysis) is 1. The van der Waals surface area contributed by atoms with Crippen LogP contribution in [-0.4, -0.2) is 35.9 Å². The van der Waals surface area contributed by atoms with E-state index in [1.807, 2.05) is 0 Å². The Morgan fingerprint density at radius 2 is 1.85 bits per heavy atom. The number of carboxylic acid groups (broad SMARTS) is 1. The van der Waals surface area contributed by atoms with Crippen LogP contribution in [0.25, 0.3) is 11.1 Å². The van der Waals surface area contributed by atoms with Crippen LogP contribution < -0.4 is 10.1 Å². The van der Waals surface area contributed by atoms with Crippen molar-refractivity contribution >= 4 is 12.1 Å². The quantitative estimate of drug-likeness (QED) is 0.743. The Labute approximate surface area is 156 Å². The summed E-state index contributed by atoms with van der Waals surface area (Å²) in [5.41, 5.74) is 0.0429. The molecule has 0 heterocycles. The number of carbonyl (C=O) groups excluding carboxylic acids is 1. The molecule has 0 aliphatic carbocycles. The molecule has 0 saturated carbocycles. The Morgan fingerprint density at radius 1 is 1.15 bits per heavy atom. The van der Waals surface area contributed by atoms with Crippen LogP contribution in [0.3, 0.4) is 0 Å². The maximum atomic E-state index is 14.0. The third-order valence-electron chi connectivity index (χ3n) is 3.38. The summed E-state index contributed by atoms with van der Waals surface area (Å²) in [4.78, 5) is 22.9. The first-order valence-corrected chi connectivity index (χ1v) is 8.38. The summed E-state index contributed by atoms with van der Waals surface area (Å²) in [6.45, 7) is 5.53. The lowest BCUT2D eigenvalue weighted by atomic mass is 10.0. The van der Waals surface area contributed by atoms with Gasteiger partial charge in [-0.25, -0.2) is 14.0 Å². The minimum Gasteiger partial charge on any atom is -0.492 e. The van der Waals surface area contributed by atoms with Crippen LogP contribution in [-0.2, 0) is 4.74 Å². The number of aromatic carboxylic acids is 1. The van der Waals surface area contributed by atoms with Crippen LogP contribution in [0.15, 0.2) is 42.5 Å². The Bertz CT molecular complexity index is 829. The van der Waals surface area contributed by atoms with Crippen molar-refractivity contribution in [1.82, 2.24) is 5.32 Å². The predicted molar refractivity (Wildman–Crippen MR) is 98.5 cm³/mol. The minimum absolute atomic E-state index is 0.0224. The van der Waals surface area contributed by atoms with Crippen LogP contribution in [0.5, 0.6) is 5.75 Å². The molecule has 2 aromatic carbocycles. The fraction of sp³-hybridized carbons (Fsp3) is 0.300. The van der Waals surface area contributed by atoms with Crippen molar-refractivity contribution in [2.75, 3.05) is 13.2 Å². The smallest absolute Gasteiger partial charge is 0.407 e. The zero-order valence-corrected chi connectivity index (χ0v) is 15.4. The normalized spacial score (nSPS) is 11.0. The number of nitrogens with one attached hydrogen (secondary N) is 1. The molecular formula is C20H22FNO5. The highest BCUT2D eigenvalue weighted by Gasteiger charge is 2.16. The molecule has 6 nitrogen and oxygen atoms in total. The molecule has 0 saturated heterocycles. The highest BCUT2D eigenvalue weighted by Crippen LogP contribution is 2.28. The van der Waals surface area contributed by atoms with Gasteiger partial charge in [-0.15, -0.1) is 0 Å². The summed E-state index contributed by atoms with van der Waals surface area (Å²) >= 11 is 0. The standard InChI is InChI=1S/C20H22FNO5/c1-20(2,3)27-19(25)22-8-9-26-15-11-13(10-14(12-15)18(23)24)16-6-4-5-7-17(16)21/h4-7,10-12H,8-9H2,1-3H3,(H,22,25)(H,23,24). The van der Waals surface area contributed by atoms with E-state index in [1.165, 1.54) is 18.2 Å². The second-order valence-electron chi connectivity index (χ2n) is 6.81. The van der Waals surface area contributed by atoms with E-state index in [9.17, 15) is 19.1 Å². The van der Waals surface area contributed by atoms with E-state index in [0.717, 1.165) is 0 Å². The molecule has 0 aliphatic heterocycles. The van der Waals surface area contributed by atoms with Crippen LogP contribution in [0.2, 0.25) is 0 Å². The van der Waals surface area contributed by atoms with Gasteiger partial charge in [0.25, 0.3) is 0 Å². The zero-order valence-electron chi connectivity index (χ0n) is 15.4. The van der Waals surface area contributed by atoms with E-state index >= 15 is 0 Å². The summed E-state index contributed by atoms with van der Waals surface area (Å²) in [5.74, 6) is -1.35. The number of benzene rings is 2. The molecule has 0 spiro atoms. The Hall–Kier alpha value is -3.09. The van der Waals surface area contributed by atoms with Gasteiger partial charge in [-0.1, -0.05) is 18.2 Å². The van der Waals surface area contributed by atoms with Gasteiger partial charge in [-0.3, -0.25) is 0 Å². The van der Waals surface area contributed by atoms with Crippen molar-refractivity contribution < 1.29 is 28.6 Å². The second kappa shape index (κ2) is 8.53. The average Bonchev–Trinajstić information content (AvgIpc) is 2.57. The van der Waals surface area contributed by atoms with Crippen molar-refractivity contribution in [3.05, 3.63) is 53.8 Å². The van der Waals surface area contributed by atoms with Crippen molar-refractivity contribution in [1.29, 1.82) is 0 Å². The van der Waals surface area contributed by atoms with E-state index in [-0.39, 0.29) is 30.0 Å². The fourth-order valence-electron chi connectivity index (χ4n) is 2.29. The zero-order chi connectivity index (χ0) is 20.0. The van der Waals surface area contributed by atoms with Crippen molar-refractivity contribution in [2.45, 2.75) is 26.4 Å². The van der Waals surface area contributed by atoms with Gasteiger partial charge in [-0.05, 0) is 50.6 Å². The maximum Gasteiger partial charge on any atom is 0.407 e. The third-order valence-corrected chi connectivity index (χ3v) is 3.38. The Morgan fingerprint density at radius 3 is 2.48 bits per heavy atom. The summed E-state index contributed by atoms with van der Waals surface area (Å²) < 4.78 is 24.6. The molecule has 0 fully saturated rings. The fourth-order valence-corrected chi connectivity index (χ4v) is 2.29. The van der Waals surface area contributed by atoms with Gasteiger partial charge >= 0.3 is 12.1 Å². The van der Waals surface area contributed by atoms with Crippen LogP contribution in [0.4, 0.5) is 9.18 Å².